The van der Waals surface area contributed by atoms with Gasteiger partial charge in [-0.2, -0.15) is 0 Å². The Bertz CT molecular complexity index is 757. The van der Waals surface area contributed by atoms with Gasteiger partial charge >= 0.3 is 6.03 Å². The van der Waals surface area contributed by atoms with Crippen LogP contribution in [0.2, 0.25) is 0 Å². The van der Waals surface area contributed by atoms with Crippen molar-refractivity contribution in [1.29, 1.82) is 0 Å². The average molecular weight is 334 g/mol. The van der Waals surface area contributed by atoms with Gasteiger partial charge in [0.1, 0.15) is 17.5 Å². The molecule has 0 heterocycles. The van der Waals surface area contributed by atoms with E-state index in [-0.39, 0.29) is 5.56 Å². The summed E-state index contributed by atoms with van der Waals surface area (Å²) in [6, 6.07) is 8.46. The Morgan fingerprint density at radius 1 is 1.04 bits per heavy atom. The molecule has 24 heavy (non-hydrogen) atoms. The van der Waals surface area contributed by atoms with Gasteiger partial charge in [0.15, 0.2) is 0 Å². The van der Waals surface area contributed by atoms with Crippen LogP contribution in [0.5, 0.6) is 0 Å². The van der Waals surface area contributed by atoms with Crippen molar-refractivity contribution >= 4 is 11.7 Å². The van der Waals surface area contributed by atoms with Gasteiger partial charge in [-0.3, -0.25) is 4.90 Å². The maximum atomic E-state index is 14.1. The first-order valence-electron chi connectivity index (χ1n) is 7.68. The molecule has 0 bridgehead atoms. The molecule has 126 valence electrons. The fourth-order valence-corrected chi connectivity index (χ4v) is 2.94. The van der Waals surface area contributed by atoms with Crippen molar-refractivity contribution < 1.29 is 18.0 Å². The topological polar surface area (TPSA) is 32.3 Å². The van der Waals surface area contributed by atoms with E-state index in [4.69, 9.17) is 0 Å². The van der Waals surface area contributed by atoms with Gasteiger partial charge in [-0.1, -0.05) is 6.07 Å². The van der Waals surface area contributed by atoms with Crippen molar-refractivity contribution in [2.45, 2.75) is 24.8 Å². The second-order valence-electron chi connectivity index (χ2n) is 6.03. The minimum Gasteiger partial charge on any atom is -0.328 e. The Kier molecular flexibility index (Phi) is 4.22. The summed E-state index contributed by atoms with van der Waals surface area (Å²) >= 11 is 0. The van der Waals surface area contributed by atoms with E-state index in [9.17, 15) is 18.0 Å². The number of nitrogens with one attached hydrogen (secondary N) is 1. The van der Waals surface area contributed by atoms with E-state index in [0.717, 1.165) is 12.5 Å². The predicted octanol–water partition coefficient (Wildman–Crippen LogP) is 4.33. The maximum Gasteiger partial charge on any atom is 0.322 e. The highest BCUT2D eigenvalue weighted by molar-refractivity contribution is 5.92. The molecule has 0 unspecified atom stereocenters. The maximum absolute atomic E-state index is 14.1. The number of benzene rings is 2. The summed E-state index contributed by atoms with van der Waals surface area (Å²) in [7, 11) is 1.55. The number of hydrogen-bond acceptors (Lipinski definition) is 1. The number of halogens is 3. The van der Waals surface area contributed by atoms with Crippen molar-refractivity contribution in [2.24, 2.45) is 0 Å². The third-order valence-electron chi connectivity index (χ3n) is 4.52. The Hall–Kier alpha value is -2.50. The fraction of sp³-hybridized carbons (Fsp3) is 0.278. The van der Waals surface area contributed by atoms with Crippen LogP contribution < -0.4 is 10.2 Å². The van der Waals surface area contributed by atoms with Crippen LogP contribution in [0.1, 0.15) is 24.8 Å². The SMILES string of the molecule is CN(C(=O)NC1(c2ccc(F)cc2F)CCC1)c1ccc(F)cc1. The Morgan fingerprint density at radius 3 is 2.21 bits per heavy atom. The van der Waals surface area contributed by atoms with E-state index < -0.39 is 29.0 Å². The van der Waals surface area contributed by atoms with Crippen LogP contribution in [-0.2, 0) is 5.54 Å². The highest BCUT2D eigenvalue weighted by Gasteiger charge is 2.42. The van der Waals surface area contributed by atoms with Crippen molar-refractivity contribution in [3.63, 3.8) is 0 Å². The van der Waals surface area contributed by atoms with E-state index in [1.807, 2.05) is 0 Å². The third kappa shape index (κ3) is 2.96. The molecule has 0 saturated heterocycles. The van der Waals surface area contributed by atoms with E-state index in [2.05, 4.69) is 5.32 Å². The van der Waals surface area contributed by atoms with Gasteiger partial charge in [0, 0.05) is 24.4 Å². The molecule has 2 aromatic rings. The number of nitrogens with zero attached hydrogens (tertiary/aromatic N) is 1. The van der Waals surface area contributed by atoms with Gasteiger partial charge in [-0.25, -0.2) is 18.0 Å². The van der Waals surface area contributed by atoms with Crippen molar-refractivity contribution in [1.82, 2.24) is 5.32 Å². The minimum absolute atomic E-state index is 0.288. The summed E-state index contributed by atoms with van der Waals surface area (Å²) < 4.78 is 40.3. The second-order valence-corrected chi connectivity index (χ2v) is 6.03. The molecule has 2 amide bonds. The molecule has 3 rings (SSSR count). The highest BCUT2D eigenvalue weighted by atomic mass is 19.1. The normalized spacial score (nSPS) is 15.5. The van der Waals surface area contributed by atoms with Crippen LogP contribution in [0.3, 0.4) is 0 Å². The molecule has 3 nitrogen and oxygen atoms in total. The van der Waals surface area contributed by atoms with Gasteiger partial charge in [-0.05, 0) is 49.6 Å². The van der Waals surface area contributed by atoms with Crippen LogP contribution in [0.15, 0.2) is 42.5 Å². The number of anilines is 1. The van der Waals surface area contributed by atoms with Gasteiger partial charge < -0.3 is 5.32 Å². The summed E-state index contributed by atoms with van der Waals surface area (Å²) in [5.74, 6) is -1.71. The lowest BCUT2D eigenvalue weighted by Crippen LogP contribution is -2.54. The lowest BCUT2D eigenvalue weighted by molar-refractivity contribution is 0.177. The number of amides is 2. The van der Waals surface area contributed by atoms with E-state index in [0.29, 0.717) is 18.5 Å². The van der Waals surface area contributed by atoms with Gasteiger partial charge in [0.25, 0.3) is 0 Å². The van der Waals surface area contributed by atoms with Gasteiger partial charge in [-0.15, -0.1) is 0 Å². The van der Waals surface area contributed by atoms with Gasteiger partial charge in [0.2, 0.25) is 0 Å². The summed E-state index contributed by atoms with van der Waals surface area (Å²) in [6.07, 6.45) is 2.01. The van der Waals surface area contributed by atoms with E-state index in [1.54, 1.807) is 7.05 Å². The average Bonchev–Trinajstić information content (AvgIpc) is 2.51. The van der Waals surface area contributed by atoms with Crippen molar-refractivity contribution in [2.75, 3.05) is 11.9 Å². The molecule has 1 aliphatic carbocycles. The molecule has 0 aromatic heterocycles. The zero-order chi connectivity index (χ0) is 17.3. The first-order chi connectivity index (χ1) is 11.4. The molecule has 1 saturated carbocycles. The monoisotopic (exact) mass is 334 g/mol. The molecule has 1 aliphatic rings. The lowest BCUT2D eigenvalue weighted by atomic mass is 9.71. The third-order valence-corrected chi connectivity index (χ3v) is 4.52. The summed E-state index contributed by atoms with van der Waals surface area (Å²) in [5.41, 5.74) is -0.0256. The largest absolute Gasteiger partial charge is 0.328 e. The van der Waals surface area contributed by atoms with Crippen LogP contribution in [0.4, 0.5) is 23.7 Å². The molecular weight excluding hydrogens is 317 g/mol. The molecule has 1 N–H and O–H groups in total. The van der Waals surface area contributed by atoms with Crippen LogP contribution in [0.25, 0.3) is 0 Å². The lowest BCUT2D eigenvalue weighted by Gasteiger charge is -2.43. The number of carbonyl (C=O) groups excluding carboxylic acids is 1. The predicted molar refractivity (Wildman–Crippen MR) is 85.2 cm³/mol. The van der Waals surface area contributed by atoms with Crippen LogP contribution >= 0.6 is 0 Å². The first-order valence-corrected chi connectivity index (χ1v) is 7.68. The summed E-state index contributed by atoms with van der Waals surface area (Å²) in [6.45, 7) is 0. The quantitative estimate of drug-likeness (QED) is 0.890. The number of hydrogen-bond donors (Lipinski definition) is 1. The highest BCUT2D eigenvalue weighted by Crippen LogP contribution is 2.42. The zero-order valence-electron chi connectivity index (χ0n) is 13.2. The molecule has 0 radical (unpaired) electrons. The zero-order valence-corrected chi connectivity index (χ0v) is 13.2. The van der Waals surface area contributed by atoms with Crippen molar-refractivity contribution in [3.8, 4) is 0 Å². The van der Waals surface area contributed by atoms with Crippen LogP contribution in [-0.4, -0.2) is 13.1 Å². The van der Waals surface area contributed by atoms with E-state index in [1.165, 1.54) is 41.3 Å². The van der Waals surface area contributed by atoms with Crippen LogP contribution in [0, 0.1) is 17.5 Å². The smallest absolute Gasteiger partial charge is 0.322 e. The number of rotatable bonds is 3. The summed E-state index contributed by atoms with van der Waals surface area (Å²) in [5, 5.41) is 2.85. The fourth-order valence-electron chi connectivity index (χ4n) is 2.94. The standard InChI is InChI=1S/C18H17F3N2O/c1-23(14-6-3-12(19)4-7-14)17(24)22-18(9-2-10-18)15-8-5-13(20)11-16(15)21/h3-8,11H,2,9-10H2,1H3,(H,22,24). The summed E-state index contributed by atoms with van der Waals surface area (Å²) in [4.78, 5) is 13.8. The molecular formula is C18H17F3N2O. The Balaban J connectivity index is 1.82. The number of urea groups is 1. The molecule has 1 fully saturated rings. The molecule has 0 spiro atoms. The van der Waals surface area contributed by atoms with Crippen molar-refractivity contribution in [3.05, 3.63) is 65.5 Å². The Labute approximate surface area is 138 Å². The molecule has 6 heteroatoms. The van der Waals surface area contributed by atoms with Gasteiger partial charge in [0.05, 0.1) is 5.54 Å². The molecule has 0 aliphatic heterocycles. The number of carbonyl (C=O) groups is 1. The Morgan fingerprint density at radius 2 is 1.67 bits per heavy atom. The second kappa shape index (κ2) is 6.19. The van der Waals surface area contributed by atoms with E-state index >= 15 is 0 Å². The molecule has 0 atom stereocenters. The first kappa shape index (κ1) is 16.4. The molecule has 2 aromatic carbocycles. The minimum atomic E-state index is -0.830.